The van der Waals surface area contributed by atoms with Crippen LogP contribution in [0.25, 0.3) is 0 Å². The fraction of sp³-hybridized carbons (Fsp3) is 0.333. The second kappa shape index (κ2) is 7.02. The largest absolute Gasteiger partial charge is 0.494 e. The molecule has 140 valence electrons. The highest BCUT2D eigenvalue weighted by Gasteiger charge is 2.44. The third-order valence-corrected chi connectivity index (χ3v) is 5.22. The molecule has 0 unspecified atom stereocenters. The number of halogens is 1. The molecule has 2 atom stereocenters. The van der Waals surface area contributed by atoms with Crippen LogP contribution >= 0.6 is 0 Å². The van der Waals surface area contributed by atoms with Crippen LogP contribution in [-0.2, 0) is 9.59 Å². The zero-order valence-corrected chi connectivity index (χ0v) is 15.1. The van der Waals surface area contributed by atoms with Crippen LogP contribution in [0.2, 0.25) is 0 Å². The molecule has 1 aliphatic carbocycles. The lowest BCUT2D eigenvalue weighted by molar-refractivity contribution is -0.118. The summed E-state index contributed by atoms with van der Waals surface area (Å²) in [5.74, 6) is 0.176. The number of nitrogens with one attached hydrogen (secondary N) is 1. The summed E-state index contributed by atoms with van der Waals surface area (Å²) < 4.78 is 18.8. The van der Waals surface area contributed by atoms with Gasteiger partial charge in [-0.25, -0.2) is 4.39 Å². The maximum Gasteiger partial charge on any atom is 0.228 e. The molecule has 0 spiro atoms. The summed E-state index contributed by atoms with van der Waals surface area (Å²) in [4.78, 5) is 26.2. The molecule has 0 aromatic heterocycles. The Bertz CT molecular complexity index is 899. The van der Waals surface area contributed by atoms with Gasteiger partial charge in [-0.15, -0.1) is 0 Å². The summed E-state index contributed by atoms with van der Waals surface area (Å²) in [7, 11) is 1.55. The molecule has 1 saturated heterocycles. The van der Waals surface area contributed by atoms with Crippen molar-refractivity contribution >= 4 is 23.2 Å². The van der Waals surface area contributed by atoms with E-state index in [0.29, 0.717) is 30.8 Å². The van der Waals surface area contributed by atoms with E-state index in [1.54, 1.807) is 36.3 Å². The molecule has 4 rings (SSSR count). The Hall–Kier alpha value is -2.89. The van der Waals surface area contributed by atoms with Crippen LogP contribution in [0.3, 0.4) is 0 Å². The highest BCUT2D eigenvalue weighted by atomic mass is 19.1. The minimum Gasteiger partial charge on any atom is -0.494 e. The van der Waals surface area contributed by atoms with Gasteiger partial charge < -0.3 is 15.0 Å². The molecule has 27 heavy (non-hydrogen) atoms. The van der Waals surface area contributed by atoms with Crippen molar-refractivity contribution in [1.29, 1.82) is 0 Å². The highest BCUT2D eigenvalue weighted by molar-refractivity contribution is 5.98. The van der Waals surface area contributed by atoms with Crippen molar-refractivity contribution in [2.24, 2.45) is 5.92 Å². The number of ether oxygens (including phenoxy) is 1. The zero-order chi connectivity index (χ0) is 19.0. The first-order valence-electron chi connectivity index (χ1n) is 9.11. The monoisotopic (exact) mass is 368 g/mol. The zero-order valence-electron chi connectivity index (χ0n) is 15.1. The van der Waals surface area contributed by atoms with Gasteiger partial charge in [-0.2, -0.15) is 0 Å². The van der Waals surface area contributed by atoms with Gasteiger partial charge >= 0.3 is 0 Å². The minimum atomic E-state index is -0.282. The molecule has 1 heterocycles. The van der Waals surface area contributed by atoms with Gasteiger partial charge in [0.15, 0.2) is 0 Å². The van der Waals surface area contributed by atoms with Crippen LogP contribution in [0.1, 0.15) is 30.7 Å². The highest BCUT2D eigenvalue weighted by Crippen LogP contribution is 2.48. The van der Waals surface area contributed by atoms with Crippen LogP contribution in [0.5, 0.6) is 5.75 Å². The fourth-order valence-corrected chi connectivity index (χ4v) is 3.71. The summed E-state index contributed by atoms with van der Waals surface area (Å²) in [6, 6.07) is 11.7. The third kappa shape index (κ3) is 3.52. The van der Waals surface area contributed by atoms with Gasteiger partial charge in [0.25, 0.3) is 0 Å². The summed E-state index contributed by atoms with van der Waals surface area (Å²) >= 11 is 0. The summed E-state index contributed by atoms with van der Waals surface area (Å²) in [5, 5.41) is 2.91. The van der Waals surface area contributed by atoms with Crippen molar-refractivity contribution in [3.05, 3.63) is 53.8 Å². The van der Waals surface area contributed by atoms with Gasteiger partial charge in [0, 0.05) is 30.6 Å². The lowest BCUT2D eigenvalue weighted by Crippen LogP contribution is -2.24. The van der Waals surface area contributed by atoms with Crippen LogP contribution < -0.4 is 15.0 Å². The van der Waals surface area contributed by atoms with Gasteiger partial charge in [0.05, 0.1) is 12.8 Å². The molecule has 1 aliphatic heterocycles. The second-order valence-electron chi connectivity index (χ2n) is 7.03. The smallest absolute Gasteiger partial charge is 0.228 e. The fourth-order valence-electron chi connectivity index (χ4n) is 3.71. The molecule has 2 aliphatic rings. The van der Waals surface area contributed by atoms with Gasteiger partial charge in [0.1, 0.15) is 11.6 Å². The van der Waals surface area contributed by atoms with Crippen molar-refractivity contribution in [2.75, 3.05) is 23.9 Å². The first-order chi connectivity index (χ1) is 13.1. The molecular weight excluding hydrogens is 347 g/mol. The SMILES string of the molecule is COc1cc(NC(=O)[C@H]2C[C@@H]2c2cccc(F)c2)ccc1N1CCCC1=O. The molecule has 1 N–H and O–H groups in total. The third-order valence-electron chi connectivity index (χ3n) is 5.22. The number of rotatable bonds is 5. The standard InChI is InChI=1S/C21H21FN2O3/c1-27-19-11-15(7-8-18(19)24-9-3-6-20(24)25)23-21(26)17-12-16(17)13-4-2-5-14(22)10-13/h2,4-5,7-8,10-11,16-17H,3,6,9,12H2,1H3,(H,23,26)/t16-,17+/m1/s1. The average molecular weight is 368 g/mol. The van der Waals surface area contributed by atoms with Crippen molar-refractivity contribution in [3.63, 3.8) is 0 Å². The Labute approximate surface area is 157 Å². The van der Waals surface area contributed by atoms with Gasteiger partial charge in [-0.3, -0.25) is 9.59 Å². The van der Waals surface area contributed by atoms with E-state index in [4.69, 9.17) is 4.74 Å². The van der Waals surface area contributed by atoms with E-state index in [2.05, 4.69) is 5.32 Å². The first kappa shape index (κ1) is 17.5. The van der Waals surface area contributed by atoms with Crippen LogP contribution in [0.4, 0.5) is 15.8 Å². The second-order valence-corrected chi connectivity index (χ2v) is 7.03. The maximum absolute atomic E-state index is 13.4. The number of carbonyl (C=O) groups is 2. The number of hydrogen-bond donors (Lipinski definition) is 1. The molecule has 0 radical (unpaired) electrons. The quantitative estimate of drug-likeness (QED) is 0.875. The number of carbonyl (C=O) groups excluding carboxylic acids is 2. The molecule has 2 fully saturated rings. The van der Waals surface area contributed by atoms with Gasteiger partial charge in [-0.1, -0.05) is 12.1 Å². The average Bonchev–Trinajstić information content (AvgIpc) is 3.36. The van der Waals surface area contributed by atoms with Crippen LogP contribution in [-0.4, -0.2) is 25.5 Å². The minimum absolute atomic E-state index is 0.0593. The number of hydrogen-bond acceptors (Lipinski definition) is 3. The van der Waals surface area contributed by atoms with E-state index in [9.17, 15) is 14.0 Å². The van der Waals surface area contributed by atoms with Gasteiger partial charge in [-0.05, 0) is 48.6 Å². The molecule has 0 bridgehead atoms. The molecule has 2 aromatic carbocycles. The van der Waals surface area contributed by atoms with Crippen LogP contribution in [0.15, 0.2) is 42.5 Å². The van der Waals surface area contributed by atoms with E-state index in [1.165, 1.54) is 12.1 Å². The Morgan fingerprint density at radius 2 is 2.11 bits per heavy atom. The molecule has 1 saturated carbocycles. The predicted molar refractivity (Wildman–Crippen MR) is 100 cm³/mol. The van der Waals surface area contributed by atoms with E-state index in [-0.39, 0.29) is 29.5 Å². The van der Waals surface area contributed by atoms with E-state index >= 15 is 0 Å². The lowest BCUT2D eigenvalue weighted by atomic mass is 10.1. The normalized spacial score (nSPS) is 21.3. The number of amides is 2. The number of methoxy groups -OCH3 is 1. The summed E-state index contributed by atoms with van der Waals surface area (Å²) in [5.41, 5.74) is 2.20. The number of anilines is 2. The van der Waals surface area contributed by atoms with Crippen LogP contribution in [0, 0.1) is 11.7 Å². The van der Waals surface area contributed by atoms with Crippen molar-refractivity contribution < 1.29 is 18.7 Å². The predicted octanol–water partition coefficient (Wildman–Crippen LogP) is 3.70. The van der Waals surface area contributed by atoms with Crippen molar-refractivity contribution in [3.8, 4) is 5.75 Å². The molecule has 2 aromatic rings. The topological polar surface area (TPSA) is 58.6 Å². The van der Waals surface area contributed by atoms with Crippen molar-refractivity contribution in [1.82, 2.24) is 0 Å². The summed E-state index contributed by atoms with van der Waals surface area (Å²) in [6.45, 7) is 0.679. The Morgan fingerprint density at radius 1 is 1.26 bits per heavy atom. The Balaban J connectivity index is 1.45. The number of nitrogens with zero attached hydrogens (tertiary/aromatic N) is 1. The molecule has 5 nitrogen and oxygen atoms in total. The lowest BCUT2D eigenvalue weighted by Gasteiger charge is -2.19. The summed E-state index contributed by atoms with van der Waals surface area (Å²) in [6.07, 6.45) is 2.10. The number of benzene rings is 2. The Morgan fingerprint density at radius 3 is 2.81 bits per heavy atom. The maximum atomic E-state index is 13.4. The molecule has 6 heteroatoms. The van der Waals surface area contributed by atoms with Crippen molar-refractivity contribution in [2.45, 2.75) is 25.2 Å². The molecule has 2 amide bonds. The Kier molecular flexibility index (Phi) is 4.56. The first-order valence-corrected chi connectivity index (χ1v) is 9.11. The van der Waals surface area contributed by atoms with E-state index < -0.39 is 0 Å². The molecular formula is C21H21FN2O3. The van der Waals surface area contributed by atoms with Gasteiger partial charge in [0.2, 0.25) is 11.8 Å². The van der Waals surface area contributed by atoms with E-state index in [0.717, 1.165) is 17.7 Å². The van der Waals surface area contributed by atoms with E-state index in [1.807, 2.05) is 6.07 Å².